The lowest BCUT2D eigenvalue weighted by atomic mass is 10.2. The molecule has 0 spiro atoms. The van der Waals surface area contributed by atoms with Gasteiger partial charge < -0.3 is 15.4 Å². The van der Waals surface area contributed by atoms with Crippen LogP contribution in [-0.4, -0.2) is 28.2 Å². The van der Waals surface area contributed by atoms with Crippen LogP contribution in [0.25, 0.3) is 0 Å². The zero-order chi connectivity index (χ0) is 19.2. The number of nitrogens with zero attached hydrogens (tertiary/aromatic N) is 1. The number of hydrogen-bond donors (Lipinski definition) is 2. The van der Waals surface area contributed by atoms with Crippen molar-refractivity contribution in [3.8, 4) is 5.75 Å². The van der Waals surface area contributed by atoms with Crippen molar-refractivity contribution < 1.29 is 19.1 Å². The number of para-hydroxylation sites is 3. The van der Waals surface area contributed by atoms with E-state index in [4.69, 9.17) is 4.74 Å². The quantitative estimate of drug-likeness (QED) is 0.611. The minimum atomic E-state index is -0.576. The van der Waals surface area contributed by atoms with Gasteiger partial charge in [0.25, 0.3) is 0 Å². The molecule has 2 aromatic rings. The molecule has 0 unspecified atom stereocenters. The first kappa shape index (κ1) is 18.7. The first-order valence-electron chi connectivity index (χ1n) is 8.20. The summed E-state index contributed by atoms with van der Waals surface area (Å²) < 4.78 is 5.06. The lowest BCUT2D eigenvalue weighted by molar-refractivity contribution is -0.132. The second-order valence-electron chi connectivity index (χ2n) is 5.69. The van der Waals surface area contributed by atoms with Gasteiger partial charge in [0, 0.05) is 13.3 Å². The highest BCUT2D eigenvalue weighted by Crippen LogP contribution is 2.27. The van der Waals surface area contributed by atoms with E-state index in [2.05, 4.69) is 15.6 Å². The maximum Gasteiger partial charge on any atom is 0.308 e. The van der Waals surface area contributed by atoms with Crippen LogP contribution < -0.4 is 15.4 Å². The van der Waals surface area contributed by atoms with Gasteiger partial charge in [-0.15, -0.1) is 0 Å². The van der Waals surface area contributed by atoms with Crippen LogP contribution in [0.3, 0.4) is 0 Å². The van der Waals surface area contributed by atoms with Crippen molar-refractivity contribution in [2.45, 2.75) is 18.6 Å². The van der Waals surface area contributed by atoms with Crippen molar-refractivity contribution in [1.82, 2.24) is 5.32 Å². The molecule has 1 aliphatic rings. The van der Waals surface area contributed by atoms with E-state index in [-0.39, 0.29) is 24.0 Å². The monoisotopic (exact) mass is 383 g/mol. The maximum absolute atomic E-state index is 12.3. The van der Waals surface area contributed by atoms with Crippen molar-refractivity contribution in [3.05, 3.63) is 54.6 Å². The van der Waals surface area contributed by atoms with Gasteiger partial charge in [-0.2, -0.15) is 0 Å². The maximum atomic E-state index is 12.3. The molecule has 1 atom stereocenters. The van der Waals surface area contributed by atoms with E-state index in [1.165, 1.54) is 18.7 Å². The van der Waals surface area contributed by atoms with Crippen LogP contribution in [-0.2, 0) is 14.4 Å². The smallest absolute Gasteiger partial charge is 0.308 e. The van der Waals surface area contributed by atoms with E-state index < -0.39 is 11.2 Å². The molecule has 0 aliphatic carbocycles. The van der Waals surface area contributed by atoms with Crippen molar-refractivity contribution in [2.24, 2.45) is 4.99 Å². The Hall–Kier alpha value is -3.13. The standard InChI is InChI=1S/C19H17N3O4S/c1-12(23)26-15-10-6-5-9-14(15)21-17(24)11-16-18(25)22-19(27-16)20-13-7-3-2-4-8-13/h2-10,16H,11H2,1H3,(H,21,24)(H,20,22,25)/t16-/m1/s1. The van der Waals surface area contributed by atoms with Gasteiger partial charge in [-0.1, -0.05) is 42.1 Å². The molecular formula is C19H17N3O4S. The highest BCUT2D eigenvalue weighted by molar-refractivity contribution is 8.15. The minimum absolute atomic E-state index is 0.0291. The van der Waals surface area contributed by atoms with Crippen LogP contribution in [0.4, 0.5) is 11.4 Å². The van der Waals surface area contributed by atoms with Gasteiger partial charge >= 0.3 is 5.97 Å². The van der Waals surface area contributed by atoms with Gasteiger partial charge in [-0.3, -0.25) is 14.4 Å². The third-order valence-electron chi connectivity index (χ3n) is 3.55. The Morgan fingerprint density at radius 1 is 1.15 bits per heavy atom. The van der Waals surface area contributed by atoms with Crippen LogP contribution in [0.1, 0.15) is 13.3 Å². The van der Waals surface area contributed by atoms with E-state index in [1.807, 2.05) is 30.3 Å². The Bertz CT molecular complexity index is 899. The topological polar surface area (TPSA) is 96.9 Å². The molecule has 0 radical (unpaired) electrons. The number of nitrogens with one attached hydrogen (secondary N) is 2. The van der Waals surface area contributed by atoms with E-state index in [0.29, 0.717) is 10.9 Å². The fourth-order valence-electron chi connectivity index (χ4n) is 2.40. The summed E-state index contributed by atoms with van der Waals surface area (Å²) in [7, 11) is 0. The SMILES string of the molecule is CC(=O)Oc1ccccc1NC(=O)C[C@H]1SC(=Nc2ccccc2)NC1=O. The fourth-order valence-corrected chi connectivity index (χ4v) is 3.38. The summed E-state index contributed by atoms with van der Waals surface area (Å²) in [5.74, 6) is -0.848. The Morgan fingerprint density at radius 2 is 1.85 bits per heavy atom. The number of thioether (sulfide) groups is 1. The largest absolute Gasteiger partial charge is 0.424 e. The molecule has 8 heteroatoms. The number of ether oxygens (including phenoxy) is 1. The van der Waals surface area contributed by atoms with Crippen molar-refractivity contribution in [3.63, 3.8) is 0 Å². The number of carbonyl (C=O) groups is 3. The zero-order valence-corrected chi connectivity index (χ0v) is 15.3. The van der Waals surface area contributed by atoms with Crippen LogP contribution >= 0.6 is 11.8 Å². The van der Waals surface area contributed by atoms with Crippen molar-refractivity contribution in [1.29, 1.82) is 0 Å². The summed E-state index contributed by atoms with van der Waals surface area (Å²) in [6, 6.07) is 15.9. The summed E-state index contributed by atoms with van der Waals surface area (Å²) in [4.78, 5) is 40.0. The van der Waals surface area contributed by atoms with Crippen LogP contribution in [0, 0.1) is 0 Å². The molecule has 0 bridgehead atoms. The Labute approximate surface area is 160 Å². The molecule has 0 aromatic heterocycles. The summed E-state index contributed by atoms with van der Waals surface area (Å²) in [5.41, 5.74) is 1.10. The molecule has 1 aliphatic heterocycles. The molecule has 2 aromatic carbocycles. The summed E-state index contributed by atoms with van der Waals surface area (Å²) in [6.07, 6.45) is -0.0291. The number of esters is 1. The Kier molecular flexibility index (Phi) is 5.87. The van der Waals surface area contributed by atoms with Gasteiger partial charge in [-0.25, -0.2) is 4.99 Å². The van der Waals surface area contributed by atoms with Gasteiger partial charge in [0.05, 0.1) is 11.4 Å². The molecule has 2 N–H and O–H groups in total. The third kappa shape index (κ3) is 5.18. The molecule has 0 saturated carbocycles. The lowest BCUT2D eigenvalue weighted by Crippen LogP contribution is -2.28. The number of anilines is 1. The predicted molar refractivity (Wildman–Crippen MR) is 104 cm³/mol. The van der Waals surface area contributed by atoms with Crippen molar-refractivity contribution >= 4 is 46.1 Å². The minimum Gasteiger partial charge on any atom is -0.424 e. The molecule has 1 saturated heterocycles. The van der Waals surface area contributed by atoms with Gasteiger partial charge in [0.2, 0.25) is 11.8 Å². The summed E-state index contributed by atoms with van der Waals surface area (Å²) in [5, 5.41) is 5.25. The Balaban J connectivity index is 1.63. The summed E-state index contributed by atoms with van der Waals surface area (Å²) in [6.45, 7) is 1.28. The van der Waals surface area contributed by atoms with E-state index >= 15 is 0 Å². The number of rotatable bonds is 5. The molecule has 27 heavy (non-hydrogen) atoms. The number of benzene rings is 2. The number of carbonyl (C=O) groups excluding carboxylic acids is 3. The number of hydrogen-bond acceptors (Lipinski definition) is 6. The number of amidine groups is 1. The average molecular weight is 383 g/mol. The number of amides is 2. The highest BCUT2D eigenvalue weighted by atomic mass is 32.2. The molecule has 2 amide bonds. The highest BCUT2D eigenvalue weighted by Gasteiger charge is 2.32. The van der Waals surface area contributed by atoms with E-state index in [1.54, 1.807) is 24.3 Å². The normalized spacial score (nSPS) is 17.4. The van der Waals surface area contributed by atoms with Crippen molar-refractivity contribution in [2.75, 3.05) is 5.32 Å². The number of aliphatic imine (C=N–C) groups is 1. The first-order chi connectivity index (χ1) is 13.0. The van der Waals surface area contributed by atoms with Crippen LogP contribution in [0.2, 0.25) is 0 Å². The molecule has 1 fully saturated rings. The molecular weight excluding hydrogens is 366 g/mol. The second-order valence-corrected chi connectivity index (χ2v) is 6.88. The predicted octanol–water partition coefficient (Wildman–Crippen LogP) is 2.86. The molecule has 138 valence electrons. The second kappa shape index (κ2) is 8.50. The third-order valence-corrected chi connectivity index (χ3v) is 4.63. The fraction of sp³-hybridized carbons (Fsp3) is 0.158. The van der Waals surface area contributed by atoms with Crippen LogP contribution in [0.5, 0.6) is 5.75 Å². The molecule has 7 nitrogen and oxygen atoms in total. The van der Waals surface area contributed by atoms with Gasteiger partial charge in [-0.05, 0) is 24.3 Å². The van der Waals surface area contributed by atoms with Crippen LogP contribution in [0.15, 0.2) is 59.6 Å². The first-order valence-corrected chi connectivity index (χ1v) is 9.08. The van der Waals surface area contributed by atoms with E-state index in [9.17, 15) is 14.4 Å². The molecule has 3 rings (SSSR count). The zero-order valence-electron chi connectivity index (χ0n) is 14.5. The van der Waals surface area contributed by atoms with E-state index in [0.717, 1.165) is 5.69 Å². The molecule has 1 heterocycles. The average Bonchev–Trinajstić information content (AvgIpc) is 2.96. The Morgan fingerprint density at radius 3 is 2.59 bits per heavy atom. The summed E-state index contributed by atoms with van der Waals surface area (Å²) >= 11 is 1.21. The van der Waals surface area contributed by atoms with Gasteiger partial charge in [0.1, 0.15) is 5.25 Å². The lowest BCUT2D eigenvalue weighted by Gasteiger charge is -2.11. The van der Waals surface area contributed by atoms with Gasteiger partial charge in [0.15, 0.2) is 10.9 Å².